The number of pyridine rings is 1. The Labute approximate surface area is 179 Å². The maximum absolute atomic E-state index is 12.5. The first-order chi connectivity index (χ1) is 14.5. The maximum atomic E-state index is 12.5. The number of rotatable bonds is 9. The fraction of sp³-hybridized carbons (Fsp3) is 0.296. The average molecular weight is 399 g/mol. The van der Waals surface area contributed by atoms with Gasteiger partial charge in [-0.2, -0.15) is 0 Å². The number of benzene rings is 2. The molecular weight excluding hydrogens is 368 g/mol. The second-order valence-electron chi connectivity index (χ2n) is 7.85. The topological polar surface area (TPSA) is 42.3 Å². The van der Waals surface area contributed by atoms with Gasteiger partial charge in [-0.3, -0.25) is 4.79 Å². The van der Waals surface area contributed by atoms with Crippen molar-refractivity contribution in [2.24, 2.45) is 4.99 Å². The average Bonchev–Trinajstić information content (AvgIpc) is 2.76. The van der Waals surface area contributed by atoms with Gasteiger partial charge in [0, 0.05) is 18.2 Å². The number of aryl methyl sites for hydroxylation is 3. The van der Waals surface area contributed by atoms with Gasteiger partial charge in [0.05, 0.1) is 5.71 Å². The van der Waals surface area contributed by atoms with E-state index in [0.717, 1.165) is 36.8 Å². The van der Waals surface area contributed by atoms with Gasteiger partial charge in [0.15, 0.2) is 11.6 Å². The number of carbonyl (C=O) groups excluding carboxylic acids is 1. The molecule has 154 valence electrons. The summed E-state index contributed by atoms with van der Waals surface area (Å²) in [4.78, 5) is 21.5. The van der Waals surface area contributed by atoms with E-state index in [4.69, 9.17) is 0 Å². The van der Waals surface area contributed by atoms with Gasteiger partial charge < -0.3 is 0 Å². The predicted molar refractivity (Wildman–Crippen MR) is 126 cm³/mol. The van der Waals surface area contributed by atoms with Gasteiger partial charge in [-0.05, 0) is 68.4 Å². The number of aromatic nitrogens is 1. The normalized spacial score (nSPS) is 11.5. The molecule has 0 aliphatic rings. The second kappa shape index (κ2) is 10.6. The molecule has 0 radical (unpaired) electrons. The highest BCUT2D eigenvalue weighted by atomic mass is 16.1. The van der Waals surface area contributed by atoms with Crippen LogP contribution in [-0.4, -0.2) is 16.5 Å². The lowest BCUT2D eigenvalue weighted by Gasteiger charge is -2.08. The first-order valence-electron chi connectivity index (χ1n) is 10.7. The van der Waals surface area contributed by atoms with E-state index >= 15 is 0 Å². The number of aliphatic imine (C=N–C) groups is 1. The summed E-state index contributed by atoms with van der Waals surface area (Å²) in [6.07, 6.45) is 6.51. The molecule has 1 aromatic heterocycles. The molecule has 3 aromatic rings. The van der Waals surface area contributed by atoms with E-state index < -0.39 is 0 Å². The second-order valence-corrected chi connectivity index (χ2v) is 7.85. The zero-order valence-electron chi connectivity index (χ0n) is 18.2. The molecule has 0 aliphatic carbocycles. The fourth-order valence-electron chi connectivity index (χ4n) is 3.57. The Balaban J connectivity index is 1.54. The SMILES string of the molecule is CC(=Nc1ncc(-c2ccccc2C)cc1C)C(=O)CCCCCc1ccccc1. The molecule has 0 atom stereocenters. The maximum Gasteiger partial charge on any atom is 0.176 e. The lowest BCUT2D eigenvalue weighted by molar-refractivity contribution is -0.113. The van der Waals surface area contributed by atoms with Crippen LogP contribution >= 0.6 is 0 Å². The van der Waals surface area contributed by atoms with Gasteiger partial charge in [-0.25, -0.2) is 9.98 Å². The van der Waals surface area contributed by atoms with Crippen LogP contribution in [0.25, 0.3) is 11.1 Å². The van der Waals surface area contributed by atoms with Crippen LogP contribution in [0.5, 0.6) is 0 Å². The van der Waals surface area contributed by atoms with Crippen molar-refractivity contribution in [3.63, 3.8) is 0 Å². The van der Waals surface area contributed by atoms with E-state index in [-0.39, 0.29) is 5.78 Å². The van der Waals surface area contributed by atoms with Gasteiger partial charge in [0.25, 0.3) is 0 Å². The number of unbranched alkanes of at least 4 members (excludes halogenated alkanes) is 2. The molecule has 0 spiro atoms. The van der Waals surface area contributed by atoms with Crippen LogP contribution in [0.15, 0.2) is 71.9 Å². The van der Waals surface area contributed by atoms with Crippen molar-refractivity contribution in [3.8, 4) is 11.1 Å². The van der Waals surface area contributed by atoms with E-state index in [1.165, 1.54) is 16.7 Å². The van der Waals surface area contributed by atoms with Crippen LogP contribution in [0.4, 0.5) is 5.82 Å². The molecular formula is C27H30N2O. The van der Waals surface area contributed by atoms with Crippen molar-refractivity contribution in [1.29, 1.82) is 0 Å². The summed E-state index contributed by atoms with van der Waals surface area (Å²) in [7, 11) is 0. The Morgan fingerprint density at radius 3 is 2.37 bits per heavy atom. The number of Topliss-reactive ketones (excluding diaryl/α,β-unsaturated/α-hetero) is 1. The zero-order valence-corrected chi connectivity index (χ0v) is 18.2. The van der Waals surface area contributed by atoms with Crippen LogP contribution in [0.3, 0.4) is 0 Å². The van der Waals surface area contributed by atoms with Gasteiger partial charge in [0.2, 0.25) is 0 Å². The Hall–Kier alpha value is -3.07. The molecule has 3 nitrogen and oxygen atoms in total. The Kier molecular flexibility index (Phi) is 7.67. The highest BCUT2D eigenvalue weighted by molar-refractivity contribution is 6.39. The quantitative estimate of drug-likeness (QED) is 0.293. The van der Waals surface area contributed by atoms with Crippen molar-refractivity contribution in [2.75, 3.05) is 0 Å². The van der Waals surface area contributed by atoms with Crippen LogP contribution in [-0.2, 0) is 11.2 Å². The summed E-state index contributed by atoms with van der Waals surface area (Å²) in [6, 6.07) is 20.8. The third kappa shape index (κ3) is 5.96. The van der Waals surface area contributed by atoms with E-state index in [0.29, 0.717) is 18.0 Å². The smallest absolute Gasteiger partial charge is 0.176 e. The lowest BCUT2D eigenvalue weighted by Crippen LogP contribution is -2.09. The number of hydrogen-bond donors (Lipinski definition) is 0. The van der Waals surface area contributed by atoms with E-state index in [2.05, 4.69) is 59.4 Å². The minimum atomic E-state index is 0.110. The summed E-state index contributed by atoms with van der Waals surface area (Å²) >= 11 is 0. The molecule has 0 N–H and O–H groups in total. The Morgan fingerprint density at radius 1 is 0.900 bits per heavy atom. The number of carbonyl (C=O) groups is 1. The lowest BCUT2D eigenvalue weighted by atomic mass is 10.0. The molecule has 0 bridgehead atoms. The molecule has 3 rings (SSSR count). The van der Waals surface area contributed by atoms with E-state index in [1.807, 2.05) is 31.3 Å². The van der Waals surface area contributed by atoms with Crippen molar-refractivity contribution < 1.29 is 4.79 Å². The highest BCUT2D eigenvalue weighted by Gasteiger charge is 2.09. The largest absolute Gasteiger partial charge is 0.293 e. The molecule has 0 fully saturated rings. The van der Waals surface area contributed by atoms with Crippen molar-refractivity contribution in [1.82, 2.24) is 4.98 Å². The van der Waals surface area contributed by atoms with Crippen LogP contribution in [0.2, 0.25) is 0 Å². The number of hydrogen-bond acceptors (Lipinski definition) is 3. The Morgan fingerprint density at radius 2 is 1.63 bits per heavy atom. The minimum Gasteiger partial charge on any atom is -0.293 e. The fourth-order valence-corrected chi connectivity index (χ4v) is 3.57. The minimum absolute atomic E-state index is 0.110. The third-order valence-electron chi connectivity index (χ3n) is 5.40. The van der Waals surface area contributed by atoms with E-state index in [1.54, 1.807) is 6.92 Å². The van der Waals surface area contributed by atoms with Crippen molar-refractivity contribution in [3.05, 3.63) is 83.6 Å². The molecule has 0 amide bonds. The molecule has 0 saturated heterocycles. The first kappa shape index (κ1) is 21.6. The standard InChI is InChI=1S/C27H30N2O/c1-20-12-10-11-16-25(20)24-18-21(2)27(28-19-24)29-22(3)26(30)17-9-5-8-15-23-13-6-4-7-14-23/h4,6-7,10-14,16,18-19H,5,8-9,15,17H2,1-3H3. The summed E-state index contributed by atoms with van der Waals surface area (Å²) < 4.78 is 0. The monoisotopic (exact) mass is 398 g/mol. The summed E-state index contributed by atoms with van der Waals surface area (Å²) in [5, 5.41) is 0. The summed E-state index contributed by atoms with van der Waals surface area (Å²) in [5.41, 5.74) is 6.34. The molecule has 2 aromatic carbocycles. The predicted octanol–water partition coefficient (Wildman–Crippen LogP) is 6.83. The van der Waals surface area contributed by atoms with Crippen LogP contribution in [0.1, 0.15) is 49.3 Å². The van der Waals surface area contributed by atoms with Gasteiger partial charge in [0.1, 0.15) is 0 Å². The highest BCUT2D eigenvalue weighted by Crippen LogP contribution is 2.26. The van der Waals surface area contributed by atoms with Gasteiger partial charge >= 0.3 is 0 Å². The molecule has 30 heavy (non-hydrogen) atoms. The first-order valence-corrected chi connectivity index (χ1v) is 10.7. The summed E-state index contributed by atoms with van der Waals surface area (Å²) in [6.45, 7) is 5.89. The third-order valence-corrected chi connectivity index (χ3v) is 5.40. The van der Waals surface area contributed by atoms with Gasteiger partial charge in [-0.1, -0.05) is 61.0 Å². The molecule has 0 unspecified atom stereocenters. The Bertz CT molecular complexity index is 1020. The number of nitrogens with zero attached hydrogens (tertiary/aromatic N) is 2. The van der Waals surface area contributed by atoms with Crippen molar-refractivity contribution >= 4 is 17.3 Å². The molecule has 0 saturated carbocycles. The molecule has 3 heteroatoms. The molecule has 0 aliphatic heterocycles. The van der Waals surface area contributed by atoms with E-state index in [9.17, 15) is 4.79 Å². The zero-order chi connectivity index (χ0) is 21.3. The number of ketones is 1. The van der Waals surface area contributed by atoms with Crippen LogP contribution < -0.4 is 0 Å². The molecule has 1 heterocycles. The van der Waals surface area contributed by atoms with Crippen molar-refractivity contribution in [2.45, 2.75) is 52.9 Å². The summed E-state index contributed by atoms with van der Waals surface area (Å²) in [5.74, 6) is 0.737. The van der Waals surface area contributed by atoms with Crippen LogP contribution in [0, 0.1) is 13.8 Å². The van der Waals surface area contributed by atoms with Gasteiger partial charge in [-0.15, -0.1) is 0 Å².